The zero-order valence-corrected chi connectivity index (χ0v) is 10.3. The molecule has 0 aliphatic rings. The molecule has 0 aliphatic heterocycles. The van der Waals surface area contributed by atoms with Crippen molar-refractivity contribution in [3.05, 3.63) is 11.3 Å². The molecule has 88 valence electrons. The van der Waals surface area contributed by atoms with Crippen LogP contribution in [0.2, 0.25) is 0 Å². The van der Waals surface area contributed by atoms with E-state index in [1.807, 2.05) is 0 Å². The summed E-state index contributed by atoms with van der Waals surface area (Å²) in [6.07, 6.45) is 3.95. The molecule has 1 aromatic heterocycles. The second-order valence-electron chi connectivity index (χ2n) is 4.12. The van der Waals surface area contributed by atoms with Crippen molar-refractivity contribution >= 4 is 5.82 Å². The van der Waals surface area contributed by atoms with E-state index in [2.05, 4.69) is 31.9 Å². The molecular formula is C12H20N4. The molecule has 2 N–H and O–H groups in total. The van der Waals surface area contributed by atoms with Crippen molar-refractivity contribution in [1.29, 1.82) is 5.26 Å². The van der Waals surface area contributed by atoms with Crippen molar-refractivity contribution < 1.29 is 0 Å². The molecule has 0 aromatic carbocycles. The summed E-state index contributed by atoms with van der Waals surface area (Å²) in [5.41, 5.74) is 7.35. The summed E-state index contributed by atoms with van der Waals surface area (Å²) >= 11 is 0. The standard InChI is InChI=1S/C12H20N4/c1-4-6-7-11-10(8-13)12(14)16(15-11)9(3)5-2/h9H,4-7,14H2,1-3H3. The largest absolute Gasteiger partial charge is 0.383 e. The first-order valence-corrected chi connectivity index (χ1v) is 5.92. The van der Waals surface area contributed by atoms with Crippen LogP contribution in [0.1, 0.15) is 57.3 Å². The Kier molecular flexibility index (Phi) is 4.36. The van der Waals surface area contributed by atoms with E-state index < -0.39 is 0 Å². The van der Waals surface area contributed by atoms with Gasteiger partial charge in [-0.15, -0.1) is 0 Å². The number of hydrogen-bond donors (Lipinski definition) is 1. The Morgan fingerprint density at radius 1 is 1.50 bits per heavy atom. The zero-order chi connectivity index (χ0) is 12.1. The highest BCUT2D eigenvalue weighted by atomic mass is 15.3. The number of nitrogens with two attached hydrogens (primary N) is 1. The van der Waals surface area contributed by atoms with Gasteiger partial charge in [0.15, 0.2) is 0 Å². The van der Waals surface area contributed by atoms with Crippen molar-refractivity contribution in [2.45, 2.75) is 52.5 Å². The second-order valence-corrected chi connectivity index (χ2v) is 4.12. The van der Waals surface area contributed by atoms with E-state index in [4.69, 9.17) is 11.0 Å². The highest BCUT2D eigenvalue weighted by Crippen LogP contribution is 2.22. The molecule has 1 atom stereocenters. The molecule has 4 heteroatoms. The first-order chi connectivity index (χ1) is 7.65. The number of unbranched alkanes of at least 4 members (excludes halogenated alkanes) is 1. The van der Waals surface area contributed by atoms with Crippen LogP contribution in [0.3, 0.4) is 0 Å². The minimum atomic E-state index is 0.252. The summed E-state index contributed by atoms with van der Waals surface area (Å²) in [5, 5.41) is 13.5. The fourth-order valence-electron chi connectivity index (χ4n) is 1.65. The molecule has 1 rings (SSSR count). The van der Waals surface area contributed by atoms with Crippen LogP contribution in [0, 0.1) is 11.3 Å². The maximum Gasteiger partial charge on any atom is 0.140 e. The van der Waals surface area contributed by atoms with Gasteiger partial charge in [0.25, 0.3) is 0 Å². The van der Waals surface area contributed by atoms with E-state index >= 15 is 0 Å². The molecule has 16 heavy (non-hydrogen) atoms. The molecule has 1 aromatic rings. The van der Waals surface area contributed by atoms with E-state index in [0.29, 0.717) is 11.4 Å². The lowest BCUT2D eigenvalue weighted by atomic mass is 10.1. The topological polar surface area (TPSA) is 67.6 Å². The van der Waals surface area contributed by atoms with E-state index in [1.54, 1.807) is 4.68 Å². The van der Waals surface area contributed by atoms with Crippen LogP contribution in [-0.2, 0) is 6.42 Å². The van der Waals surface area contributed by atoms with Crippen molar-refractivity contribution in [2.24, 2.45) is 0 Å². The van der Waals surface area contributed by atoms with E-state index in [0.717, 1.165) is 31.4 Å². The van der Waals surface area contributed by atoms with Crippen LogP contribution in [0.5, 0.6) is 0 Å². The van der Waals surface area contributed by atoms with Gasteiger partial charge in [-0.05, 0) is 26.2 Å². The summed E-state index contributed by atoms with van der Waals surface area (Å²) in [7, 11) is 0. The summed E-state index contributed by atoms with van der Waals surface area (Å²) in [6, 6.07) is 2.42. The summed E-state index contributed by atoms with van der Waals surface area (Å²) in [4.78, 5) is 0. The zero-order valence-electron chi connectivity index (χ0n) is 10.3. The lowest BCUT2D eigenvalue weighted by Crippen LogP contribution is -2.09. The molecule has 0 saturated carbocycles. The third-order valence-electron chi connectivity index (χ3n) is 2.91. The van der Waals surface area contributed by atoms with Crippen molar-refractivity contribution in [3.63, 3.8) is 0 Å². The number of nitrogens with zero attached hydrogens (tertiary/aromatic N) is 3. The predicted octanol–water partition coefficient (Wildman–Crippen LogP) is 2.65. The predicted molar refractivity (Wildman–Crippen MR) is 65.0 cm³/mol. The van der Waals surface area contributed by atoms with Crippen molar-refractivity contribution in [2.75, 3.05) is 5.73 Å². The molecule has 1 unspecified atom stereocenters. The van der Waals surface area contributed by atoms with Crippen LogP contribution in [0.15, 0.2) is 0 Å². The van der Waals surface area contributed by atoms with Crippen molar-refractivity contribution in [1.82, 2.24) is 9.78 Å². The first-order valence-electron chi connectivity index (χ1n) is 5.92. The molecule has 0 radical (unpaired) electrons. The number of nitriles is 1. The molecule has 0 saturated heterocycles. The fraction of sp³-hybridized carbons (Fsp3) is 0.667. The molecule has 0 spiro atoms. The van der Waals surface area contributed by atoms with E-state index in [1.165, 1.54) is 0 Å². The van der Waals surface area contributed by atoms with Gasteiger partial charge in [0.05, 0.1) is 11.7 Å². The lowest BCUT2D eigenvalue weighted by molar-refractivity contribution is 0.479. The molecule has 0 aliphatic carbocycles. The number of rotatable bonds is 5. The van der Waals surface area contributed by atoms with Crippen LogP contribution in [0.4, 0.5) is 5.82 Å². The van der Waals surface area contributed by atoms with Gasteiger partial charge in [-0.3, -0.25) is 0 Å². The Labute approximate surface area is 97.1 Å². The minimum absolute atomic E-state index is 0.252. The van der Waals surface area contributed by atoms with Crippen molar-refractivity contribution in [3.8, 4) is 6.07 Å². The summed E-state index contributed by atoms with van der Waals surface area (Å²) < 4.78 is 1.78. The van der Waals surface area contributed by atoms with Crippen LogP contribution >= 0.6 is 0 Å². The number of anilines is 1. The molecule has 0 bridgehead atoms. The number of aromatic nitrogens is 2. The first kappa shape index (κ1) is 12.6. The highest BCUT2D eigenvalue weighted by molar-refractivity contribution is 5.52. The average Bonchev–Trinajstić information content (AvgIpc) is 2.62. The summed E-state index contributed by atoms with van der Waals surface area (Å²) in [6.45, 7) is 6.28. The Balaban J connectivity index is 3.06. The quantitative estimate of drug-likeness (QED) is 0.829. The van der Waals surface area contributed by atoms with E-state index in [-0.39, 0.29) is 6.04 Å². The Morgan fingerprint density at radius 3 is 2.69 bits per heavy atom. The van der Waals surface area contributed by atoms with E-state index in [9.17, 15) is 0 Å². The number of aryl methyl sites for hydroxylation is 1. The average molecular weight is 220 g/mol. The summed E-state index contributed by atoms with van der Waals surface area (Å²) in [5.74, 6) is 0.517. The Hall–Kier alpha value is -1.50. The lowest BCUT2D eigenvalue weighted by Gasteiger charge is -2.10. The van der Waals surface area contributed by atoms with Crippen LogP contribution < -0.4 is 5.73 Å². The minimum Gasteiger partial charge on any atom is -0.383 e. The normalized spacial score (nSPS) is 12.4. The molecule has 0 amide bonds. The Morgan fingerprint density at radius 2 is 2.19 bits per heavy atom. The molecule has 1 heterocycles. The fourth-order valence-corrected chi connectivity index (χ4v) is 1.65. The van der Waals surface area contributed by atoms with Gasteiger partial charge >= 0.3 is 0 Å². The van der Waals surface area contributed by atoms with Gasteiger partial charge in [0.2, 0.25) is 0 Å². The molecule has 4 nitrogen and oxygen atoms in total. The van der Waals surface area contributed by atoms with Gasteiger partial charge in [-0.25, -0.2) is 4.68 Å². The van der Waals surface area contributed by atoms with Crippen LogP contribution in [0.25, 0.3) is 0 Å². The number of hydrogen-bond acceptors (Lipinski definition) is 3. The van der Waals surface area contributed by atoms with Gasteiger partial charge in [-0.2, -0.15) is 10.4 Å². The van der Waals surface area contributed by atoms with Crippen LogP contribution in [-0.4, -0.2) is 9.78 Å². The molecule has 0 fully saturated rings. The van der Waals surface area contributed by atoms with Gasteiger partial charge in [-0.1, -0.05) is 20.3 Å². The maximum absolute atomic E-state index is 9.08. The highest BCUT2D eigenvalue weighted by Gasteiger charge is 2.17. The number of nitrogen functional groups attached to an aromatic ring is 1. The molecular weight excluding hydrogens is 200 g/mol. The second kappa shape index (κ2) is 5.55. The third kappa shape index (κ3) is 2.35. The smallest absolute Gasteiger partial charge is 0.140 e. The monoisotopic (exact) mass is 220 g/mol. The Bertz CT molecular complexity index is 386. The SMILES string of the molecule is CCCCc1nn(C(C)CC)c(N)c1C#N. The third-order valence-corrected chi connectivity index (χ3v) is 2.91. The van der Waals surface area contributed by atoms with Gasteiger partial charge < -0.3 is 5.73 Å². The van der Waals surface area contributed by atoms with Gasteiger partial charge in [0.1, 0.15) is 17.5 Å². The maximum atomic E-state index is 9.08. The van der Waals surface area contributed by atoms with Gasteiger partial charge in [0, 0.05) is 0 Å².